The second kappa shape index (κ2) is 5.41. The molecule has 0 radical (unpaired) electrons. The van der Waals surface area contributed by atoms with E-state index in [1.54, 1.807) is 0 Å². The molecule has 1 heterocycles. The van der Waals surface area contributed by atoms with Gasteiger partial charge in [0.05, 0.1) is 0 Å². The fraction of sp³-hybridized carbons (Fsp3) is 0.625. The summed E-state index contributed by atoms with van der Waals surface area (Å²) in [5.41, 5.74) is 2.91. The number of nitrogens with one attached hydrogen (secondary N) is 1. The summed E-state index contributed by atoms with van der Waals surface area (Å²) in [6.07, 6.45) is 5.38. The number of rotatable bonds is 5. The maximum Gasteiger partial charge on any atom is 0.0207 e. The van der Waals surface area contributed by atoms with Crippen LogP contribution in [-0.4, -0.2) is 36.6 Å². The molecule has 1 saturated heterocycles. The highest BCUT2D eigenvalue weighted by Crippen LogP contribution is 2.29. The summed E-state index contributed by atoms with van der Waals surface area (Å²) in [6.45, 7) is 5.92. The minimum Gasteiger partial charge on any atom is -0.312 e. The predicted octanol–water partition coefficient (Wildman–Crippen LogP) is 2.36. The second-order valence-electron chi connectivity index (χ2n) is 5.84. The van der Waals surface area contributed by atoms with Crippen molar-refractivity contribution in [1.82, 2.24) is 10.2 Å². The van der Waals surface area contributed by atoms with Crippen LogP contribution in [0, 0.1) is 6.92 Å². The molecule has 2 aliphatic rings. The molecular weight excluding hydrogens is 220 g/mol. The SMILES string of the molecule is Cc1ccccc1CCNC1CCN(C2CC2)C1. The Kier molecular flexibility index (Phi) is 3.67. The number of aryl methyl sites for hydroxylation is 1. The van der Waals surface area contributed by atoms with Crippen LogP contribution in [0.1, 0.15) is 30.4 Å². The van der Waals surface area contributed by atoms with E-state index in [0.717, 1.165) is 25.0 Å². The molecule has 0 spiro atoms. The van der Waals surface area contributed by atoms with Crippen LogP contribution in [0.5, 0.6) is 0 Å². The lowest BCUT2D eigenvalue weighted by Crippen LogP contribution is -2.34. The largest absolute Gasteiger partial charge is 0.312 e. The lowest BCUT2D eigenvalue weighted by molar-refractivity contribution is 0.318. The van der Waals surface area contributed by atoms with Gasteiger partial charge in [0, 0.05) is 25.2 Å². The van der Waals surface area contributed by atoms with Crippen molar-refractivity contribution in [3.8, 4) is 0 Å². The molecule has 18 heavy (non-hydrogen) atoms. The Labute approximate surface area is 110 Å². The summed E-state index contributed by atoms with van der Waals surface area (Å²) in [4.78, 5) is 2.67. The Balaban J connectivity index is 1.41. The minimum atomic E-state index is 0.731. The van der Waals surface area contributed by atoms with Gasteiger partial charge >= 0.3 is 0 Å². The summed E-state index contributed by atoms with van der Waals surface area (Å²) in [6, 6.07) is 10.4. The summed E-state index contributed by atoms with van der Waals surface area (Å²) < 4.78 is 0. The number of benzene rings is 1. The first kappa shape index (κ1) is 12.2. The zero-order chi connectivity index (χ0) is 12.4. The van der Waals surface area contributed by atoms with Crippen LogP contribution in [0.15, 0.2) is 24.3 Å². The molecule has 3 rings (SSSR count). The average molecular weight is 244 g/mol. The maximum absolute atomic E-state index is 3.73. The molecule has 2 nitrogen and oxygen atoms in total. The molecule has 0 amide bonds. The van der Waals surface area contributed by atoms with Crippen molar-refractivity contribution >= 4 is 0 Å². The van der Waals surface area contributed by atoms with Gasteiger partial charge in [-0.25, -0.2) is 0 Å². The van der Waals surface area contributed by atoms with Crippen molar-refractivity contribution < 1.29 is 0 Å². The first-order valence-electron chi connectivity index (χ1n) is 7.35. The molecule has 1 aliphatic heterocycles. The van der Waals surface area contributed by atoms with E-state index in [1.807, 2.05) is 0 Å². The van der Waals surface area contributed by atoms with Gasteiger partial charge in [-0.2, -0.15) is 0 Å². The van der Waals surface area contributed by atoms with Crippen LogP contribution in [-0.2, 0) is 6.42 Å². The van der Waals surface area contributed by atoms with Crippen molar-refractivity contribution in [1.29, 1.82) is 0 Å². The van der Waals surface area contributed by atoms with E-state index in [2.05, 4.69) is 41.4 Å². The van der Waals surface area contributed by atoms with E-state index < -0.39 is 0 Å². The molecule has 1 unspecified atom stereocenters. The Bertz CT molecular complexity index is 398. The van der Waals surface area contributed by atoms with Gasteiger partial charge in [0.25, 0.3) is 0 Å². The fourth-order valence-electron chi connectivity index (χ4n) is 3.03. The molecule has 1 aromatic carbocycles. The van der Waals surface area contributed by atoms with E-state index in [-0.39, 0.29) is 0 Å². The van der Waals surface area contributed by atoms with Gasteiger partial charge in [0.1, 0.15) is 0 Å². The fourth-order valence-corrected chi connectivity index (χ4v) is 3.03. The molecular formula is C16H24N2. The third-order valence-electron chi connectivity index (χ3n) is 4.37. The molecule has 1 atom stereocenters. The quantitative estimate of drug-likeness (QED) is 0.855. The zero-order valence-corrected chi connectivity index (χ0v) is 11.4. The van der Waals surface area contributed by atoms with Gasteiger partial charge in [-0.3, -0.25) is 4.90 Å². The van der Waals surface area contributed by atoms with Gasteiger partial charge in [-0.15, -0.1) is 0 Å². The van der Waals surface area contributed by atoms with Crippen molar-refractivity contribution in [2.45, 2.75) is 44.7 Å². The summed E-state index contributed by atoms with van der Waals surface area (Å²) in [5.74, 6) is 0. The highest BCUT2D eigenvalue weighted by Gasteiger charge is 2.33. The van der Waals surface area contributed by atoms with E-state index in [9.17, 15) is 0 Å². The van der Waals surface area contributed by atoms with Crippen LogP contribution in [0.2, 0.25) is 0 Å². The Morgan fingerprint density at radius 2 is 2.06 bits per heavy atom. The predicted molar refractivity (Wildman–Crippen MR) is 75.9 cm³/mol. The topological polar surface area (TPSA) is 15.3 Å². The van der Waals surface area contributed by atoms with Crippen molar-refractivity contribution in [3.05, 3.63) is 35.4 Å². The normalized spacial score (nSPS) is 24.6. The maximum atomic E-state index is 3.73. The Morgan fingerprint density at radius 1 is 1.22 bits per heavy atom. The van der Waals surface area contributed by atoms with Gasteiger partial charge in [0.15, 0.2) is 0 Å². The standard InChI is InChI=1S/C16H24N2/c1-13-4-2-3-5-14(13)8-10-17-15-9-11-18(12-15)16-6-7-16/h2-5,15-17H,6-12H2,1H3. The van der Waals surface area contributed by atoms with E-state index >= 15 is 0 Å². The average Bonchev–Trinajstić information content (AvgIpc) is 3.12. The van der Waals surface area contributed by atoms with Gasteiger partial charge in [-0.05, 0) is 50.3 Å². The van der Waals surface area contributed by atoms with E-state index in [0.29, 0.717) is 0 Å². The summed E-state index contributed by atoms with van der Waals surface area (Å²) in [5, 5.41) is 3.73. The number of likely N-dealkylation sites (tertiary alicyclic amines) is 1. The first-order chi connectivity index (χ1) is 8.83. The van der Waals surface area contributed by atoms with Crippen molar-refractivity contribution in [2.75, 3.05) is 19.6 Å². The summed E-state index contributed by atoms with van der Waals surface area (Å²) >= 11 is 0. The highest BCUT2D eigenvalue weighted by atomic mass is 15.2. The van der Waals surface area contributed by atoms with E-state index in [1.165, 1.54) is 43.5 Å². The van der Waals surface area contributed by atoms with Crippen LogP contribution in [0.4, 0.5) is 0 Å². The lowest BCUT2D eigenvalue weighted by Gasteiger charge is -2.16. The molecule has 0 bridgehead atoms. The molecule has 1 aliphatic carbocycles. The number of hydrogen-bond acceptors (Lipinski definition) is 2. The van der Waals surface area contributed by atoms with Gasteiger partial charge in [0.2, 0.25) is 0 Å². The molecule has 2 fully saturated rings. The number of hydrogen-bond donors (Lipinski definition) is 1. The third kappa shape index (κ3) is 2.93. The van der Waals surface area contributed by atoms with E-state index in [4.69, 9.17) is 0 Å². The molecule has 2 heteroatoms. The molecule has 1 saturated carbocycles. The van der Waals surface area contributed by atoms with Gasteiger partial charge < -0.3 is 5.32 Å². The monoisotopic (exact) mass is 244 g/mol. The minimum absolute atomic E-state index is 0.731. The molecule has 1 aromatic rings. The lowest BCUT2D eigenvalue weighted by atomic mass is 10.1. The molecule has 1 N–H and O–H groups in total. The van der Waals surface area contributed by atoms with Crippen molar-refractivity contribution in [2.24, 2.45) is 0 Å². The smallest absolute Gasteiger partial charge is 0.0207 e. The summed E-state index contributed by atoms with van der Waals surface area (Å²) in [7, 11) is 0. The zero-order valence-electron chi connectivity index (χ0n) is 11.4. The van der Waals surface area contributed by atoms with Crippen molar-refractivity contribution in [3.63, 3.8) is 0 Å². The van der Waals surface area contributed by atoms with Crippen LogP contribution in [0.25, 0.3) is 0 Å². The molecule has 98 valence electrons. The van der Waals surface area contributed by atoms with Crippen LogP contribution >= 0.6 is 0 Å². The Hall–Kier alpha value is -0.860. The first-order valence-corrected chi connectivity index (χ1v) is 7.35. The third-order valence-corrected chi connectivity index (χ3v) is 4.37. The van der Waals surface area contributed by atoms with Crippen LogP contribution < -0.4 is 5.32 Å². The van der Waals surface area contributed by atoms with Crippen LogP contribution in [0.3, 0.4) is 0 Å². The number of nitrogens with zero attached hydrogens (tertiary/aromatic N) is 1. The van der Waals surface area contributed by atoms with Gasteiger partial charge in [-0.1, -0.05) is 24.3 Å². The highest BCUT2D eigenvalue weighted by molar-refractivity contribution is 5.25. The Morgan fingerprint density at radius 3 is 2.83 bits per heavy atom. The second-order valence-corrected chi connectivity index (χ2v) is 5.84. The molecule has 0 aromatic heterocycles.